The van der Waals surface area contributed by atoms with Crippen LogP contribution in [0.1, 0.15) is 76.3 Å². The Hall–Kier alpha value is -2.73. The molecule has 0 aromatic heterocycles. The van der Waals surface area contributed by atoms with Crippen molar-refractivity contribution >= 4 is 17.3 Å². The number of Topliss-reactive ketones (excluding diaryl/α,β-unsaturated/α-hetero) is 3. The predicted molar refractivity (Wildman–Crippen MR) is 128 cm³/mol. The highest BCUT2D eigenvalue weighted by Gasteiger charge is 2.51. The Labute approximate surface area is 200 Å². The van der Waals surface area contributed by atoms with E-state index < -0.39 is 22.5 Å². The van der Waals surface area contributed by atoms with Gasteiger partial charge in [0.05, 0.1) is 0 Å². The van der Waals surface area contributed by atoms with E-state index in [1.165, 1.54) is 24.3 Å². The summed E-state index contributed by atoms with van der Waals surface area (Å²) in [6, 6.07) is 12.3. The van der Waals surface area contributed by atoms with E-state index in [1.54, 1.807) is 38.1 Å². The molecule has 0 unspecified atom stereocenters. The smallest absolute Gasteiger partial charge is 0.226 e. The van der Waals surface area contributed by atoms with Gasteiger partial charge in [-0.15, -0.1) is 0 Å². The number of hydrogen-bond donors (Lipinski definition) is 1. The molecule has 3 rings (SSSR count). The van der Waals surface area contributed by atoms with Gasteiger partial charge < -0.3 is 0 Å². The van der Waals surface area contributed by atoms with Crippen molar-refractivity contribution in [2.24, 2.45) is 5.41 Å². The molecule has 1 aliphatic rings. The van der Waals surface area contributed by atoms with E-state index in [0.717, 1.165) is 11.1 Å². The Kier molecular flexibility index (Phi) is 8.13. The molecule has 1 saturated heterocycles. The summed E-state index contributed by atoms with van der Waals surface area (Å²) in [4.78, 5) is 39.4. The van der Waals surface area contributed by atoms with E-state index >= 15 is 0 Å². The molecule has 182 valence electrons. The molecule has 0 amide bonds. The van der Waals surface area contributed by atoms with E-state index in [-0.39, 0.29) is 29.8 Å². The Morgan fingerprint density at radius 1 is 0.971 bits per heavy atom. The summed E-state index contributed by atoms with van der Waals surface area (Å²) < 4.78 is 26.9. The zero-order valence-electron chi connectivity index (χ0n) is 20.1. The van der Waals surface area contributed by atoms with Crippen molar-refractivity contribution in [3.8, 4) is 0 Å². The van der Waals surface area contributed by atoms with Gasteiger partial charge in [-0.3, -0.25) is 19.7 Å². The number of ketones is 3. The molecule has 1 aliphatic heterocycles. The lowest BCUT2D eigenvalue weighted by Gasteiger charge is -2.30. The van der Waals surface area contributed by atoms with Crippen LogP contribution in [0.15, 0.2) is 48.5 Å². The fourth-order valence-electron chi connectivity index (χ4n) is 4.56. The fraction of sp³-hybridized carbons (Fsp3) is 0.464. The van der Waals surface area contributed by atoms with Crippen LogP contribution in [0.5, 0.6) is 0 Å². The molecule has 4 nitrogen and oxygen atoms in total. The zero-order valence-corrected chi connectivity index (χ0v) is 20.1. The maximum Gasteiger partial charge on any atom is 0.226 e. The van der Waals surface area contributed by atoms with Crippen molar-refractivity contribution in [2.75, 3.05) is 6.54 Å². The predicted octanol–water partition coefficient (Wildman–Crippen LogP) is 5.53. The first-order valence-electron chi connectivity index (χ1n) is 12.0. The fourth-order valence-corrected chi connectivity index (χ4v) is 4.56. The summed E-state index contributed by atoms with van der Waals surface area (Å²) in [7, 11) is 0. The van der Waals surface area contributed by atoms with Gasteiger partial charge >= 0.3 is 0 Å². The summed E-state index contributed by atoms with van der Waals surface area (Å²) in [5.74, 6) is -2.23. The number of carbonyl (C=O) groups is 3. The number of rotatable bonds is 11. The first-order valence-corrected chi connectivity index (χ1v) is 12.0. The minimum atomic E-state index is -1.44. The van der Waals surface area contributed by atoms with Crippen LogP contribution in [0.3, 0.4) is 0 Å². The van der Waals surface area contributed by atoms with Gasteiger partial charge in [0, 0.05) is 17.8 Å². The molecule has 1 heterocycles. The van der Waals surface area contributed by atoms with Crippen molar-refractivity contribution in [3.63, 3.8) is 0 Å². The third kappa shape index (κ3) is 5.49. The van der Waals surface area contributed by atoms with Crippen LogP contribution >= 0.6 is 0 Å². The number of carbonyl (C=O) groups excluding carboxylic acids is 3. The molecule has 0 aliphatic carbocycles. The van der Waals surface area contributed by atoms with E-state index in [2.05, 4.69) is 5.32 Å². The van der Waals surface area contributed by atoms with Gasteiger partial charge in [0.1, 0.15) is 17.2 Å². The maximum atomic E-state index is 13.5. The van der Waals surface area contributed by atoms with Crippen LogP contribution in [-0.4, -0.2) is 29.4 Å². The molecular formula is C28H33F2NO3. The lowest BCUT2D eigenvalue weighted by Crippen LogP contribution is -2.58. The van der Waals surface area contributed by atoms with Crippen LogP contribution in [0, 0.1) is 17.0 Å². The Morgan fingerprint density at radius 2 is 1.50 bits per heavy atom. The number of nitrogens with one attached hydrogen (secondary N) is 1. The third-order valence-electron chi connectivity index (χ3n) is 7.17. The molecule has 1 N–H and O–H groups in total. The van der Waals surface area contributed by atoms with Gasteiger partial charge in [-0.2, -0.15) is 0 Å². The summed E-state index contributed by atoms with van der Waals surface area (Å²) in [6.45, 7) is 5.84. The van der Waals surface area contributed by atoms with Crippen LogP contribution in [0.4, 0.5) is 8.78 Å². The standard InChI is InChI=1S/C28H33F2NO3/c1-4-27(2,3)25(33)26(34)28(17-6-18-31-28)24(32)8-5-7-23(19-9-13-21(29)14-10-19)20-11-15-22(30)16-12-20/h9-16,23,31H,4-8,17-18H2,1-3H3/t28-/m0/s1. The van der Waals surface area contributed by atoms with Gasteiger partial charge in [0.25, 0.3) is 0 Å². The molecular weight excluding hydrogens is 436 g/mol. The topological polar surface area (TPSA) is 63.2 Å². The van der Waals surface area contributed by atoms with Crippen LogP contribution in [0.2, 0.25) is 0 Å². The minimum absolute atomic E-state index is 0.136. The minimum Gasteiger partial charge on any atom is -0.298 e. The monoisotopic (exact) mass is 469 g/mol. The Balaban J connectivity index is 1.76. The second-order valence-corrected chi connectivity index (χ2v) is 9.80. The summed E-state index contributed by atoms with van der Waals surface area (Å²) in [5, 5.41) is 3.06. The van der Waals surface area contributed by atoms with Gasteiger partial charge in [-0.05, 0) is 74.0 Å². The van der Waals surface area contributed by atoms with Gasteiger partial charge in [0.2, 0.25) is 11.6 Å². The molecule has 34 heavy (non-hydrogen) atoms. The van der Waals surface area contributed by atoms with Crippen molar-refractivity contribution in [1.82, 2.24) is 5.32 Å². The summed E-state index contributed by atoms with van der Waals surface area (Å²) in [5.41, 5.74) is -0.523. The number of benzene rings is 2. The normalized spacial score (nSPS) is 18.3. The van der Waals surface area contributed by atoms with E-state index in [1.807, 2.05) is 6.92 Å². The second kappa shape index (κ2) is 10.7. The van der Waals surface area contributed by atoms with Crippen LogP contribution < -0.4 is 5.32 Å². The molecule has 2 aromatic rings. The van der Waals surface area contributed by atoms with Crippen molar-refractivity contribution in [1.29, 1.82) is 0 Å². The van der Waals surface area contributed by atoms with E-state index in [9.17, 15) is 23.2 Å². The SMILES string of the molecule is CCC(C)(C)C(=O)C(=O)[C@@]1(C(=O)CCCC(c2ccc(F)cc2)c2ccc(F)cc2)CCCN1. The third-order valence-corrected chi connectivity index (χ3v) is 7.17. The van der Waals surface area contributed by atoms with Crippen molar-refractivity contribution in [3.05, 3.63) is 71.3 Å². The average Bonchev–Trinajstić information content (AvgIpc) is 3.33. The van der Waals surface area contributed by atoms with E-state index in [0.29, 0.717) is 38.6 Å². The molecule has 1 atom stereocenters. The van der Waals surface area contributed by atoms with Gasteiger partial charge in [-0.1, -0.05) is 45.0 Å². The largest absolute Gasteiger partial charge is 0.298 e. The Morgan fingerprint density at radius 3 is 1.94 bits per heavy atom. The zero-order chi connectivity index (χ0) is 24.9. The van der Waals surface area contributed by atoms with Gasteiger partial charge in [-0.25, -0.2) is 8.78 Å². The van der Waals surface area contributed by atoms with Crippen molar-refractivity contribution in [2.45, 2.75) is 70.8 Å². The number of halogens is 2. The van der Waals surface area contributed by atoms with Crippen molar-refractivity contribution < 1.29 is 23.2 Å². The maximum absolute atomic E-state index is 13.5. The second-order valence-electron chi connectivity index (χ2n) is 9.80. The molecule has 1 fully saturated rings. The highest BCUT2D eigenvalue weighted by atomic mass is 19.1. The van der Waals surface area contributed by atoms with Crippen LogP contribution in [-0.2, 0) is 14.4 Å². The van der Waals surface area contributed by atoms with E-state index in [4.69, 9.17) is 0 Å². The first kappa shape index (κ1) is 25.9. The Bertz CT molecular complexity index is 977. The molecule has 6 heteroatoms. The lowest BCUT2D eigenvalue weighted by atomic mass is 9.74. The number of hydrogen-bond acceptors (Lipinski definition) is 4. The lowest BCUT2D eigenvalue weighted by molar-refractivity contribution is -0.148. The summed E-state index contributed by atoms with van der Waals surface area (Å²) in [6.07, 6.45) is 2.67. The molecule has 2 aromatic carbocycles. The molecule has 0 spiro atoms. The van der Waals surface area contributed by atoms with Gasteiger partial charge in [0.15, 0.2) is 5.78 Å². The molecule has 0 radical (unpaired) electrons. The first-order chi connectivity index (χ1) is 16.1. The highest BCUT2D eigenvalue weighted by Crippen LogP contribution is 2.33. The quantitative estimate of drug-likeness (QED) is 0.347. The molecule has 0 saturated carbocycles. The average molecular weight is 470 g/mol. The summed E-state index contributed by atoms with van der Waals surface area (Å²) >= 11 is 0. The van der Waals surface area contributed by atoms with Crippen LogP contribution in [0.25, 0.3) is 0 Å². The molecule has 0 bridgehead atoms. The highest BCUT2D eigenvalue weighted by molar-refractivity contribution is 6.46.